The van der Waals surface area contributed by atoms with E-state index in [0.717, 1.165) is 11.4 Å². The second-order valence-corrected chi connectivity index (χ2v) is 11.0. The van der Waals surface area contributed by atoms with Crippen molar-refractivity contribution in [2.45, 2.75) is 40.2 Å². The van der Waals surface area contributed by atoms with Crippen molar-refractivity contribution in [1.82, 2.24) is 19.7 Å². The molecule has 0 radical (unpaired) electrons. The Morgan fingerprint density at radius 3 is 2.59 bits per heavy atom. The summed E-state index contributed by atoms with van der Waals surface area (Å²) < 4.78 is 30.5. The third-order valence-electron chi connectivity index (χ3n) is 5.11. The van der Waals surface area contributed by atoms with Crippen LogP contribution in [0.15, 0.2) is 18.2 Å². The maximum Gasteiger partial charge on any atom is 0.359 e. The van der Waals surface area contributed by atoms with E-state index in [2.05, 4.69) is 10.1 Å². The zero-order chi connectivity index (χ0) is 23.6. The van der Waals surface area contributed by atoms with E-state index in [-0.39, 0.29) is 28.1 Å². The van der Waals surface area contributed by atoms with Crippen LogP contribution < -0.4 is 0 Å². The molecule has 3 heterocycles. The highest BCUT2D eigenvalue weighted by atomic mass is 35.5. The molecule has 11 heteroatoms. The third kappa shape index (κ3) is 5.66. The first-order valence-electron chi connectivity index (χ1n) is 10.3. The van der Waals surface area contributed by atoms with Crippen molar-refractivity contribution in [3.8, 4) is 5.82 Å². The minimum Gasteiger partial charge on any atom is -0.451 e. The van der Waals surface area contributed by atoms with Gasteiger partial charge in [-0.25, -0.2) is 22.9 Å². The first-order chi connectivity index (χ1) is 15.0. The summed E-state index contributed by atoms with van der Waals surface area (Å²) in [5.74, 6) is -0.771. The molecule has 9 nitrogen and oxygen atoms in total. The highest BCUT2D eigenvalue weighted by molar-refractivity contribution is 7.91. The molecule has 1 aliphatic heterocycles. The summed E-state index contributed by atoms with van der Waals surface area (Å²) >= 11 is 6.15. The number of esters is 1. The van der Waals surface area contributed by atoms with Gasteiger partial charge in [-0.05, 0) is 44.4 Å². The number of hydrogen-bond acceptors (Lipinski definition) is 7. The Balaban J connectivity index is 1.73. The molecule has 0 bridgehead atoms. The smallest absolute Gasteiger partial charge is 0.359 e. The van der Waals surface area contributed by atoms with Crippen molar-refractivity contribution in [2.24, 2.45) is 5.92 Å². The minimum absolute atomic E-state index is 0.0535. The monoisotopic (exact) mass is 482 g/mol. The van der Waals surface area contributed by atoms with Crippen LogP contribution in [-0.2, 0) is 19.4 Å². The van der Waals surface area contributed by atoms with E-state index in [0.29, 0.717) is 18.8 Å². The fourth-order valence-electron chi connectivity index (χ4n) is 3.70. The van der Waals surface area contributed by atoms with Gasteiger partial charge in [-0.15, -0.1) is 0 Å². The molecule has 0 saturated carbocycles. The van der Waals surface area contributed by atoms with Crippen LogP contribution in [0.25, 0.3) is 5.82 Å². The Bertz CT molecular complexity index is 1130. The summed E-state index contributed by atoms with van der Waals surface area (Å²) in [6.07, 6.45) is 0.382. The van der Waals surface area contributed by atoms with Crippen molar-refractivity contribution >= 4 is 33.3 Å². The van der Waals surface area contributed by atoms with Gasteiger partial charge in [0.2, 0.25) is 0 Å². The van der Waals surface area contributed by atoms with E-state index in [1.807, 2.05) is 33.8 Å². The lowest BCUT2D eigenvalue weighted by Crippen LogP contribution is -2.45. The molecule has 174 valence electrons. The number of hydrogen-bond donors (Lipinski definition) is 0. The maximum absolute atomic E-state index is 12.8. The summed E-state index contributed by atoms with van der Waals surface area (Å²) in [5, 5.41) is 4.43. The second-order valence-electron chi connectivity index (χ2n) is 8.41. The highest BCUT2D eigenvalue weighted by Gasteiger charge is 2.35. The van der Waals surface area contributed by atoms with Gasteiger partial charge in [-0.1, -0.05) is 25.4 Å². The first kappa shape index (κ1) is 24.2. The van der Waals surface area contributed by atoms with Gasteiger partial charge in [-0.3, -0.25) is 4.79 Å². The van der Waals surface area contributed by atoms with Gasteiger partial charge in [0, 0.05) is 18.3 Å². The van der Waals surface area contributed by atoms with Crippen molar-refractivity contribution in [2.75, 3.05) is 24.7 Å². The summed E-state index contributed by atoms with van der Waals surface area (Å²) in [6, 6.07) is 4.62. The number of aromatic nitrogens is 3. The molecule has 3 rings (SSSR count). The van der Waals surface area contributed by atoms with Gasteiger partial charge in [0.15, 0.2) is 28.0 Å². The maximum atomic E-state index is 12.8. The average Bonchev–Trinajstić information content (AvgIpc) is 3.24. The van der Waals surface area contributed by atoms with Crippen LogP contribution in [0.3, 0.4) is 0 Å². The molecule has 1 unspecified atom stereocenters. The Morgan fingerprint density at radius 1 is 1.31 bits per heavy atom. The van der Waals surface area contributed by atoms with Crippen LogP contribution in [0.5, 0.6) is 0 Å². The van der Waals surface area contributed by atoms with Crippen LogP contribution in [0.1, 0.15) is 42.1 Å². The lowest BCUT2D eigenvalue weighted by atomic mass is 10.1. The molecule has 2 aromatic heterocycles. The third-order valence-corrected chi connectivity index (χ3v) is 7.16. The first-order valence-corrected chi connectivity index (χ1v) is 12.5. The number of rotatable bonds is 7. The molecule has 0 spiro atoms. The second kappa shape index (κ2) is 9.58. The zero-order valence-corrected chi connectivity index (χ0v) is 20.1. The van der Waals surface area contributed by atoms with Crippen molar-refractivity contribution in [1.29, 1.82) is 0 Å². The standard InChI is InChI=1S/C21H27ClN4O5S/c1-13(2)10-25(16-7-8-32(29,30)12-16)19(27)11-31-21(28)20-17(22)5-6-18(23-20)26-15(4)9-14(3)24-26/h5-6,9,13,16H,7-8,10-12H2,1-4H3. The molecule has 0 N–H and O–H groups in total. The normalized spacial score (nSPS) is 17.5. The lowest BCUT2D eigenvalue weighted by molar-refractivity contribution is -0.137. The number of carbonyl (C=O) groups is 2. The Labute approximate surface area is 192 Å². The molecular formula is C21H27ClN4O5S. The van der Waals surface area contributed by atoms with Gasteiger partial charge in [-0.2, -0.15) is 5.10 Å². The fourth-order valence-corrected chi connectivity index (χ4v) is 5.61. The van der Waals surface area contributed by atoms with E-state index < -0.39 is 34.4 Å². The SMILES string of the molecule is Cc1cc(C)n(-c2ccc(Cl)c(C(=O)OCC(=O)N(CC(C)C)C3CCS(=O)(=O)C3)n2)n1. The number of ether oxygens (including phenoxy) is 1. The summed E-state index contributed by atoms with van der Waals surface area (Å²) in [7, 11) is -3.16. The molecular weight excluding hydrogens is 456 g/mol. The Kier molecular flexibility index (Phi) is 7.24. The number of halogens is 1. The van der Waals surface area contributed by atoms with Gasteiger partial charge in [0.05, 0.1) is 22.2 Å². The number of carbonyl (C=O) groups excluding carboxylic acids is 2. The number of aryl methyl sites for hydroxylation is 2. The molecule has 1 saturated heterocycles. The van der Waals surface area contributed by atoms with Gasteiger partial charge in [0.25, 0.3) is 5.91 Å². The summed E-state index contributed by atoms with van der Waals surface area (Å²) in [4.78, 5) is 31.2. The predicted octanol–water partition coefficient (Wildman–Crippen LogP) is 2.37. The highest BCUT2D eigenvalue weighted by Crippen LogP contribution is 2.21. The van der Waals surface area contributed by atoms with E-state index in [4.69, 9.17) is 16.3 Å². The van der Waals surface area contributed by atoms with Crippen molar-refractivity contribution < 1.29 is 22.7 Å². The zero-order valence-electron chi connectivity index (χ0n) is 18.5. The number of amides is 1. The molecule has 32 heavy (non-hydrogen) atoms. The molecule has 2 aromatic rings. The summed E-state index contributed by atoms with van der Waals surface area (Å²) in [5.41, 5.74) is 1.51. The van der Waals surface area contributed by atoms with E-state index >= 15 is 0 Å². The van der Waals surface area contributed by atoms with Crippen molar-refractivity contribution in [3.05, 3.63) is 40.3 Å². The van der Waals surface area contributed by atoms with Gasteiger partial charge >= 0.3 is 5.97 Å². The largest absolute Gasteiger partial charge is 0.451 e. The summed E-state index contributed by atoms with van der Waals surface area (Å²) in [6.45, 7) is 7.43. The predicted molar refractivity (Wildman–Crippen MR) is 120 cm³/mol. The topological polar surface area (TPSA) is 111 Å². The molecule has 0 aliphatic carbocycles. The number of pyridine rings is 1. The van der Waals surface area contributed by atoms with E-state index in [1.54, 1.807) is 10.7 Å². The van der Waals surface area contributed by atoms with Gasteiger partial charge in [0.1, 0.15) is 0 Å². The minimum atomic E-state index is -3.16. The molecule has 1 amide bonds. The van der Waals surface area contributed by atoms with Crippen LogP contribution in [0, 0.1) is 19.8 Å². The quantitative estimate of drug-likeness (QED) is 0.557. The molecule has 0 aromatic carbocycles. The Hall–Kier alpha value is -2.46. The van der Waals surface area contributed by atoms with Crippen LogP contribution in [0.4, 0.5) is 0 Å². The molecule has 1 atom stereocenters. The van der Waals surface area contributed by atoms with Crippen molar-refractivity contribution in [3.63, 3.8) is 0 Å². The molecule has 1 fully saturated rings. The van der Waals surface area contributed by atoms with Crippen LogP contribution >= 0.6 is 11.6 Å². The molecule has 1 aliphatic rings. The van der Waals surface area contributed by atoms with Crippen LogP contribution in [0.2, 0.25) is 5.02 Å². The fraction of sp³-hybridized carbons (Fsp3) is 0.524. The Morgan fingerprint density at radius 2 is 2.03 bits per heavy atom. The lowest BCUT2D eigenvalue weighted by Gasteiger charge is -2.29. The van der Waals surface area contributed by atoms with Crippen LogP contribution in [-0.4, -0.2) is 70.7 Å². The van der Waals surface area contributed by atoms with E-state index in [9.17, 15) is 18.0 Å². The van der Waals surface area contributed by atoms with Gasteiger partial charge < -0.3 is 9.64 Å². The van der Waals surface area contributed by atoms with E-state index in [1.165, 1.54) is 11.0 Å². The number of nitrogens with zero attached hydrogens (tertiary/aromatic N) is 4. The number of sulfone groups is 1. The average molecular weight is 483 g/mol.